The van der Waals surface area contributed by atoms with E-state index < -0.39 is 11.9 Å². The first kappa shape index (κ1) is 10.9. The molecule has 1 aromatic heterocycles. The van der Waals surface area contributed by atoms with Gasteiger partial charge >= 0.3 is 5.97 Å². The van der Waals surface area contributed by atoms with Crippen molar-refractivity contribution in [2.24, 2.45) is 13.0 Å². The van der Waals surface area contributed by atoms with Crippen molar-refractivity contribution in [2.45, 2.75) is 19.3 Å². The van der Waals surface area contributed by atoms with Crippen LogP contribution in [-0.4, -0.2) is 28.6 Å². The van der Waals surface area contributed by atoms with Gasteiger partial charge < -0.3 is 4.74 Å². The average molecular weight is 222 g/mol. The highest BCUT2D eigenvalue weighted by atomic mass is 16.5. The molecule has 1 aliphatic carbocycles. The average Bonchev–Trinajstić information content (AvgIpc) is 2.55. The number of hydrogen-bond donors (Lipinski definition) is 0. The van der Waals surface area contributed by atoms with Gasteiger partial charge in [-0.25, -0.2) is 0 Å². The molecule has 2 rings (SSSR count). The number of carbonyl (C=O) groups excluding carboxylic acids is 2. The molecule has 0 bridgehead atoms. The summed E-state index contributed by atoms with van der Waals surface area (Å²) in [6.07, 6.45) is 3.68. The number of hydrogen-bond acceptors (Lipinski definition) is 4. The normalized spacial score (nSPS) is 20.1. The van der Waals surface area contributed by atoms with Gasteiger partial charge in [0, 0.05) is 12.7 Å². The maximum Gasteiger partial charge on any atom is 0.316 e. The highest BCUT2D eigenvalue weighted by Gasteiger charge is 2.33. The summed E-state index contributed by atoms with van der Waals surface area (Å²) in [4.78, 5) is 23.6. The van der Waals surface area contributed by atoms with Crippen LogP contribution in [0.5, 0.6) is 0 Å². The molecule has 0 spiro atoms. The van der Waals surface area contributed by atoms with Crippen molar-refractivity contribution in [1.29, 1.82) is 0 Å². The maximum atomic E-state index is 12.1. The van der Waals surface area contributed by atoms with Gasteiger partial charge in [0.25, 0.3) is 0 Å². The standard InChI is InChI=1S/C11H14N2O3/c1-13-9-5-3-4-7(11(15)16-2)10(14)8(9)6-12-13/h6-7H,3-5H2,1-2H3. The van der Waals surface area contributed by atoms with Crippen molar-refractivity contribution in [1.82, 2.24) is 9.78 Å². The summed E-state index contributed by atoms with van der Waals surface area (Å²) in [5, 5.41) is 4.05. The van der Waals surface area contributed by atoms with E-state index in [1.165, 1.54) is 7.11 Å². The van der Waals surface area contributed by atoms with Gasteiger partial charge in [0.15, 0.2) is 5.78 Å². The minimum atomic E-state index is -0.657. The lowest BCUT2D eigenvalue weighted by Gasteiger charge is -2.09. The second kappa shape index (κ2) is 4.08. The zero-order valence-corrected chi connectivity index (χ0v) is 9.40. The first-order valence-corrected chi connectivity index (χ1v) is 5.28. The molecule has 0 radical (unpaired) electrons. The van der Waals surface area contributed by atoms with Crippen LogP contribution >= 0.6 is 0 Å². The smallest absolute Gasteiger partial charge is 0.316 e. The monoisotopic (exact) mass is 222 g/mol. The third-order valence-electron chi connectivity index (χ3n) is 3.04. The van der Waals surface area contributed by atoms with Crippen LogP contribution in [0.15, 0.2) is 6.20 Å². The van der Waals surface area contributed by atoms with Gasteiger partial charge in [-0.3, -0.25) is 14.3 Å². The van der Waals surface area contributed by atoms with E-state index in [-0.39, 0.29) is 5.78 Å². The van der Waals surface area contributed by atoms with Crippen molar-refractivity contribution >= 4 is 11.8 Å². The van der Waals surface area contributed by atoms with Crippen LogP contribution in [0.25, 0.3) is 0 Å². The molecule has 1 aliphatic rings. The van der Waals surface area contributed by atoms with E-state index in [1.54, 1.807) is 10.9 Å². The number of rotatable bonds is 1. The first-order chi connectivity index (χ1) is 7.65. The van der Waals surface area contributed by atoms with E-state index in [0.717, 1.165) is 18.5 Å². The van der Waals surface area contributed by atoms with Crippen LogP contribution in [0.3, 0.4) is 0 Å². The van der Waals surface area contributed by atoms with E-state index in [0.29, 0.717) is 12.0 Å². The fourth-order valence-electron chi connectivity index (χ4n) is 2.12. The van der Waals surface area contributed by atoms with Gasteiger partial charge in [-0.1, -0.05) is 0 Å². The molecule has 5 heteroatoms. The van der Waals surface area contributed by atoms with Crippen LogP contribution in [0.2, 0.25) is 0 Å². The van der Waals surface area contributed by atoms with E-state index in [4.69, 9.17) is 0 Å². The zero-order chi connectivity index (χ0) is 11.7. The Morgan fingerprint density at radius 3 is 3.06 bits per heavy atom. The van der Waals surface area contributed by atoms with Crippen LogP contribution in [0.4, 0.5) is 0 Å². The van der Waals surface area contributed by atoms with Crippen molar-refractivity contribution in [3.63, 3.8) is 0 Å². The molecule has 0 saturated carbocycles. The van der Waals surface area contributed by atoms with Crippen LogP contribution in [0.1, 0.15) is 28.9 Å². The number of methoxy groups -OCH3 is 1. The fourth-order valence-corrected chi connectivity index (χ4v) is 2.12. The van der Waals surface area contributed by atoms with Crippen LogP contribution in [-0.2, 0) is 23.0 Å². The minimum Gasteiger partial charge on any atom is -0.468 e. The minimum absolute atomic E-state index is 0.160. The van der Waals surface area contributed by atoms with E-state index in [2.05, 4.69) is 9.84 Å². The number of nitrogens with zero attached hydrogens (tertiary/aromatic N) is 2. The second-order valence-electron chi connectivity index (χ2n) is 3.96. The number of carbonyl (C=O) groups is 2. The third kappa shape index (κ3) is 1.62. The Balaban J connectivity index is 2.37. The van der Waals surface area contributed by atoms with Crippen molar-refractivity contribution in [3.8, 4) is 0 Å². The zero-order valence-electron chi connectivity index (χ0n) is 9.40. The summed E-state index contributed by atoms with van der Waals surface area (Å²) in [5.41, 5.74) is 1.48. The molecule has 1 unspecified atom stereocenters. The van der Waals surface area contributed by atoms with E-state index in [1.807, 2.05) is 7.05 Å². The van der Waals surface area contributed by atoms with Crippen LogP contribution in [0, 0.1) is 5.92 Å². The fraction of sp³-hybridized carbons (Fsp3) is 0.545. The maximum absolute atomic E-state index is 12.1. The lowest BCUT2D eigenvalue weighted by atomic mass is 9.97. The van der Waals surface area contributed by atoms with Gasteiger partial charge in [-0.2, -0.15) is 5.10 Å². The molecule has 1 atom stereocenters. The molecule has 0 aromatic carbocycles. The summed E-state index contributed by atoms with van der Waals surface area (Å²) >= 11 is 0. The molecule has 1 aromatic rings. The molecule has 0 N–H and O–H groups in total. The number of ether oxygens (including phenoxy) is 1. The second-order valence-corrected chi connectivity index (χ2v) is 3.96. The molecular weight excluding hydrogens is 208 g/mol. The molecule has 86 valence electrons. The largest absolute Gasteiger partial charge is 0.468 e. The van der Waals surface area contributed by atoms with Crippen molar-refractivity contribution in [3.05, 3.63) is 17.5 Å². The van der Waals surface area contributed by atoms with Gasteiger partial charge in [0.1, 0.15) is 5.92 Å². The van der Waals surface area contributed by atoms with Crippen LogP contribution < -0.4 is 0 Å². The molecule has 1 heterocycles. The lowest BCUT2D eigenvalue weighted by Crippen LogP contribution is -2.24. The molecule has 16 heavy (non-hydrogen) atoms. The lowest BCUT2D eigenvalue weighted by molar-refractivity contribution is -0.143. The van der Waals surface area contributed by atoms with E-state index in [9.17, 15) is 9.59 Å². The Kier molecular flexibility index (Phi) is 2.77. The topological polar surface area (TPSA) is 61.2 Å². The summed E-state index contributed by atoms with van der Waals surface area (Å²) < 4.78 is 6.35. The molecule has 0 amide bonds. The van der Waals surface area contributed by atoms with Gasteiger partial charge in [0.2, 0.25) is 0 Å². The Bertz CT molecular complexity index is 436. The molecular formula is C11H14N2O3. The number of fused-ring (bicyclic) bond motifs is 1. The SMILES string of the molecule is COC(=O)C1CCCc2c(cnn2C)C1=O. The predicted molar refractivity (Wildman–Crippen MR) is 56.0 cm³/mol. The molecule has 0 aliphatic heterocycles. The number of Topliss-reactive ketones (excluding diaryl/α,β-unsaturated/α-hetero) is 1. The summed E-state index contributed by atoms with van der Waals surface area (Å²) in [5.74, 6) is -1.26. The summed E-state index contributed by atoms with van der Waals surface area (Å²) in [6.45, 7) is 0. The van der Waals surface area contributed by atoms with Gasteiger partial charge in [-0.05, 0) is 19.3 Å². The predicted octanol–water partition coefficient (Wildman–Crippen LogP) is 0.728. The quantitative estimate of drug-likeness (QED) is 0.399. The third-order valence-corrected chi connectivity index (χ3v) is 3.04. The number of esters is 1. The summed E-state index contributed by atoms with van der Waals surface area (Å²) in [6, 6.07) is 0. The Morgan fingerprint density at radius 2 is 2.38 bits per heavy atom. The van der Waals surface area contributed by atoms with E-state index >= 15 is 0 Å². The van der Waals surface area contributed by atoms with Crippen molar-refractivity contribution in [2.75, 3.05) is 7.11 Å². The molecule has 5 nitrogen and oxygen atoms in total. The number of aryl methyl sites for hydroxylation is 1. The highest BCUT2D eigenvalue weighted by Crippen LogP contribution is 2.24. The number of aromatic nitrogens is 2. The Morgan fingerprint density at radius 1 is 1.62 bits per heavy atom. The van der Waals surface area contributed by atoms with Gasteiger partial charge in [0.05, 0.1) is 18.9 Å². The van der Waals surface area contributed by atoms with Crippen molar-refractivity contribution < 1.29 is 14.3 Å². The first-order valence-electron chi connectivity index (χ1n) is 5.28. The Hall–Kier alpha value is -1.65. The van der Waals surface area contributed by atoms with Gasteiger partial charge in [-0.15, -0.1) is 0 Å². The highest BCUT2D eigenvalue weighted by molar-refractivity contribution is 6.09. The number of ketones is 1. The Labute approximate surface area is 93.4 Å². The molecule has 0 saturated heterocycles. The summed E-state index contributed by atoms with van der Waals surface area (Å²) in [7, 11) is 3.12. The molecule has 0 fully saturated rings.